The summed E-state index contributed by atoms with van der Waals surface area (Å²) in [5.41, 5.74) is 8.15. The molecule has 1 aliphatic heterocycles. The number of rotatable bonds is 8. The van der Waals surface area contributed by atoms with Gasteiger partial charge in [-0.05, 0) is 19.4 Å². The maximum Gasteiger partial charge on any atom is 0.414 e. The van der Waals surface area contributed by atoms with E-state index < -0.39 is 29.8 Å². The number of allylic oxidation sites excluding steroid dienone is 1. The molecule has 0 saturated carbocycles. The van der Waals surface area contributed by atoms with E-state index in [0.717, 1.165) is 5.56 Å². The van der Waals surface area contributed by atoms with E-state index in [1.807, 2.05) is 30.3 Å². The monoisotopic (exact) mass is 464 g/mol. The Morgan fingerprint density at radius 1 is 1.03 bits per heavy atom. The first-order chi connectivity index (χ1) is 15.7. The molecule has 0 aliphatic carbocycles. The molecule has 0 aromatic heterocycles. The minimum absolute atomic E-state index is 0.153. The van der Waals surface area contributed by atoms with Crippen LogP contribution >= 0.6 is 0 Å². The third-order valence-corrected chi connectivity index (χ3v) is 4.37. The standard InChI is InChI=1S/C20H26N2O5.C2H2O4/c1-4-27-20(24)18-15(12-26-11-10-21)22-13(2)16(19(23)25-3)17(18)14-8-6-5-7-9-14;3-1(4)2(5)6/h5-9,17,22H,4,10-12,21H2,1-3H3;(H,3,4)(H,5,6). The molecule has 0 spiro atoms. The van der Waals surface area contributed by atoms with Crippen LogP contribution in [0.3, 0.4) is 0 Å². The second-order valence-electron chi connectivity index (χ2n) is 6.56. The lowest BCUT2D eigenvalue weighted by Gasteiger charge is -2.31. The average molecular weight is 464 g/mol. The van der Waals surface area contributed by atoms with E-state index >= 15 is 0 Å². The summed E-state index contributed by atoms with van der Waals surface area (Å²) in [5.74, 6) is -5.27. The summed E-state index contributed by atoms with van der Waals surface area (Å²) < 4.78 is 15.8. The van der Waals surface area contributed by atoms with Crippen LogP contribution in [0.1, 0.15) is 25.3 Å². The maximum atomic E-state index is 12.8. The van der Waals surface area contributed by atoms with Gasteiger partial charge >= 0.3 is 23.9 Å². The molecule has 0 amide bonds. The molecule has 1 aliphatic rings. The van der Waals surface area contributed by atoms with Crippen molar-refractivity contribution in [3.63, 3.8) is 0 Å². The topological polar surface area (TPSA) is 174 Å². The number of benzene rings is 1. The second kappa shape index (κ2) is 13.7. The zero-order valence-electron chi connectivity index (χ0n) is 18.6. The van der Waals surface area contributed by atoms with E-state index in [0.29, 0.717) is 35.7 Å². The molecule has 2 rings (SSSR count). The van der Waals surface area contributed by atoms with E-state index in [9.17, 15) is 9.59 Å². The summed E-state index contributed by atoms with van der Waals surface area (Å²) in [6.07, 6.45) is 0. The van der Waals surface area contributed by atoms with Crippen LogP contribution in [-0.2, 0) is 33.4 Å². The Kier molecular flexibility index (Phi) is 11.3. The number of esters is 2. The SMILES string of the molecule is CCOC(=O)C1=C(COCCN)NC(C)=C(C(=O)OC)C1c1ccccc1.O=C(O)C(=O)O. The Morgan fingerprint density at radius 2 is 1.64 bits per heavy atom. The molecule has 1 atom stereocenters. The van der Waals surface area contributed by atoms with Gasteiger partial charge in [0.2, 0.25) is 0 Å². The second-order valence-corrected chi connectivity index (χ2v) is 6.56. The number of hydrogen-bond acceptors (Lipinski definition) is 9. The van der Waals surface area contributed by atoms with Gasteiger partial charge < -0.3 is 35.5 Å². The molecule has 33 heavy (non-hydrogen) atoms. The summed E-state index contributed by atoms with van der Waals surface area (Å²) >= 11 is 0. The highest BCUT2D eigenvalue weighted by atomic mass is 16.5. The summed E-state index contributed by atoms with van der Waals surface area (Å²) in [5, 5.41) is 17.9. The predicted molar refractivity (Wildman–Crippen MR) is 116 cm³/mol. The van der Waals surface area contributed by atoms with Gasteiger partial charge in [-0.1, -0.05) is 30.3 Å². The first-order valence-electron chi connectivity index (χ1n) is 9.94. The molecule has 1 unspecified atom stereocenters. The van der Waals surface area contributed by atoms with Crippen molar-refractivity contribution in [3.8, 4) is 0 Å². The Morgan fingerprint density at radius 3 is 2.12 bits per heavy atom. The van der Waals surface area contributed by atoms with Crippen LogP contribution in [-0.4, -0.2) is 67.6 Å². The quantitative estimate of drug-likeness (QED) is 0.243. The highest BCUT2D eigenvalue weighted by Gasteiger charge is 2.38. The van der Waals surface area contributed by atoms with Crippen LogP contribution in [0.25, 0.3) is 0 Å². The highest BCUT2D eigenvalue weighted by molar-refractivity contribution is 6.27. The lowest BCUT2D eigenvalue weighted by molar-refractivity contribution is -0.159. The number of dihydropyridines is 1. The molecule has 11 nitrogen and oxygen atoms in total. The minimum atomic E-state index is -1.82. The molecule has 0 saturated heterocycles. The van der Waals surface area contributed by atoms with E-state index in [2.05, 4.69) is 5.32 Å². The molecular formula is C22H28N2O9. The predicted octanol–water partition coefficient (Wildman–Crippen LogP) is 0.769. The lowest BCUT2D eigenvalue weighted by Crippen LogP contribution is -2.35. The van der Waals surface area contributed by atoms with Gasteiger partial charge in [0.25, 0.3) is 0 Å². The van der Waals surface area contributed by atoms with Crippen molar-refractivity contribution in [3.05, 3.63) is 58.4 Å². The van der Waals surface area contributed by atoms with Gasteiger partial charge in [0.15, 0.2) is 0 Å². The summed E-state index contributed by atoms with van der Waals surface area (Å²) in [6.45, 7) is 4.60. The van der Waals surface area contributed by atoms with Crippen molar-refractivity contribution in [2.24, 2.45) is 5.73 Å². The average Bonchev–Trinajstić information content (AvgIpc) is 2.79. The number of ether oxygens (including phenoxy) is 3. The fraction of sp³-hybridized carbons (Fsp3) is 0.364. The van der Waals surface area contributed by atoms with Crippen LogP contribution in [0.15, 0.2) is 52.9 Å². The maximum absolute atomic E-state index is 12.8. The van der Waals surface area contributed by atoms with Crippen molar-refractivity contribution < 1.29 is 43.6 Å². The van der Waals surface area contributed by atoms with Gasteiger partial charge in [-0.15, -0.1) is 0 Å². The number of methoxy groups -OCH3 is 1. The summed E-state index contributed by atoms with van der Waals surface area (Å²) in [6, 6.07) is 9.31. The van der Waals surface area contributed by atoms with Gasteiger partial charge in [-0.3, -0.25) is 0 Å². The highest BCUT2D eigenvalue weighted by Crippen LogP contribution is 2.39. The Balaban J connectivity index is 0.000000801. The Bertz CT molecular complexity index is 911. The molecule has 5 N–H and O–H groups in total. The molecule has 0 bridgehead atoms. The normalized spacial score (nSPS) is 15.1. The molecule has 1 aromatic rings. The van der Waals surface area contributed by atoms with Crippen LogP contribution in [0.5, 0.6) is 0 Å². The molecule has 11 heteroatoms. The number of nitrogens with two attached hydrogens (primary N) is 1. The molecule has 1 heterocycles. The molecule has 1 aromatic carbocycles. The summed E-state index contributed by atoms with van der Waals surface area (Å²) in [4.78, 5) is 43.5. The van der Waals surface area contributed by atoms with Crippen LogP contribution in [0.2, 0.25) is 0 Å². The first kappa shape index (κ1) is 27.3. The number of hydrogen-bond donors (Lipinski definition) is 4. The van der Waals surface area contributed by atoms with Crippen LogP contribution < -0.4 is 11.1 Å². The van der Waals surface area contributed by atoms with Crippen molar-refractivity contribution in [2.45, 2.75) is 19.8 Å². The molecule has 180 valence electrons. The number of nitrogens with one attached hydrogen (secondary N) is 1. The van der Waals surface area contributed by atoms with E-state index in [4.69, 9.17) is 39.7 Å². The zero-order chi connectivity index (χ0) is 25.0. The van der Waals surface area contributed by atoms with Crippen molar-refractivity contribution in [1.29, 1.82) is 0 Å². The van der Waals surface area contributed by atoms with Gasteiger partial charge in [0.1, 0.15) is 0 Å². The Hall–Kier alpha value is -3.70. The molecule has 0 radical (unpaired) electrons. The minimum Gasteiger partial charge on any atom is -0.473 e. The molecule has 0 fully saturated rings. The third-order valence-electron chi connectivity index (χ3n) is 4.37. The van der Waals surface area contributed by atoms with Gasteiger partial charge in [-0.25, -0.2) is 19.2 Å². The van der Waals surface area contributed by atoms with Crippen molar-refractivity contribution in [2.75, 3.05) is 33.5 Å². The summed E-state index contributed by atoms with van der Waals surface area (Å²) in [7, 11) is 1.32. The third kappa shape index (κ3) is 7.74. The number of carbonyl (C=O) groups excluding carboxylic acids is 2. The van der Waals surface area contributed by atoms with Crippen molar-refractivity contribution in [1.82, 2.24) is 5.32 Å². The van der Waals surface area contributed by atoms with Crippen LogP contribution in [0, 0.1) is 0 Å². The van der Waals surface area contributed by atoms with Gasteiger partial charge in [0.05, 0.1) is 49.7 Å². The molecular weight excluding hydrogens is 436 g/mol. The Labute approximate surface area is 190 Å². The lowest BCUT2D eigenvalue weighted by atomic mass is 9.80. The number of carboxylic acids is 2. The first-order valence-corrected chi connectivity index (χ1v) is 9.94. The zero-order valence-corrected chi connectivity index (χ0v) is 18.6. The van der Waals surface area contributed by atoms with Crippen molar-refractivity contribution >= 4 is 23.9 Å². The fourth-order valence-electron chi connectivity index (χ4n) is 3.08. The van der Waals surface area contributed by atoms with E-state index in [-0.39, 0.29) is 13.2 Å². The smallest absolute Gasteiger partial charge is 0.414 e. The van der Waals surface area contributed by atoms with Crippen LogP contribution in [0.4, 0.5) is 0 Å². The van der Waals surface area contributed by atoms with E-state index in [1.54, 1.807) is 13.8 Å². The fourth-order valence-corrected chi connectivity index (χ4v) is 3.08. The number of carbonyl (C=O) groups is 4. The van der Waals surface area contributed by atoms with Gasteiger partial charge in [0, 0.05) is 12.2 Å². The number of carboxylic acid groups (broad SMARTS) is 2. The van der Waals surface area contributed by atoms with E-state index in [1.165, 1.54) is 7.11 Å². The van der Waals surface area contributed by atoms with Gasteiger partial charge in [-0.2, -0.15) is 0 Å². The largest absolute Gasteiger partial charge is 0.473 e. The number of aliphatic carboxylic acids is 2.